The van der Waals surface area contributed by atoms with Crippen molar-refractivity contribution in [3.8, 4) is 0 Å². The third-order valence-corrected chi connectivity index (χ3v) is 3.30. The molecular weight excluding hydrogens is 364 g/mol. The Morgan fingerprint density at radius 3 is 1.92 bits per heavy atom. The Kier molecular flexibility index (Phi) is 8.19. The van der Waals surface area contributed by atoms with Crippen LogP contribution in [0.25, 0.3) is 0 Å². The Balaban J connectivity index is 5.61. The molecule has 0 saturated heterocycles. The molecule has 3 atom stereocenters. The Morgan fingerprint density at radius 1 is 1.04 bits per heavy atom. The fourth-order valence-corrected chi connectivity index (χ4v) is 1.78. The van der Waals surface area contributed by atoms with Crippen molar-refractivity contribution < 1.29 is 50.2 Å². The lowest BCUT2D eigenvalue weighted by Crippen LogP contribution is -2.53. The van der Waals surface area contributed by atoms with Crippen molar-refractivity contribution in [2.45, 2.75) is 51.2 Å². The molecule has 0 spiro atoms. The van der Waals surface area contributed by atoms with Crippen LogP contribution in [-0.4, -0.2) is 49.5 Å². The van der Waals surface area contributed by atoms with E-state index in [4.69, 9.17) is 0 Å². The number of methoxy groups -OCH3 is 1. The summed E-state index contributed by atoms with van der Waals surface area (Å²) in [5.74, 6) is -7.11. The van der Waals surface area contributed by atoms with Gasteiger partial charge in [0.05, 0.1) is 19.6 Å². The standard InChI is InChI=1S/C13H17F6NO5/c1-4-6(2)9(20-10(22)12(14,15)16)7(5-8(21)24-3)25-11(23)13(17,18)19/h6-7,9H,4-5H2,1-3H3,(H,20,22)/t6-,7-,9+/m1/s1. The summed E-state index contributed by atoms with van der Waals surface area (Å²) in [6.07, 6.45) is -13.6. The van der Waals surface area contributed by atoms with Gasteiger partial charge in [0, 0.05) is 0 Å². The van der Waals surface area contributed by atoms with Gasteiger partial charge in [-0.25, -0.2) is 4.79 Å². The van der Waals surface area contributed by atoms with Gasteiger partial charge in [-0.15, -0.1) is 0 Å². The lowest BCUT2D eigenvalue weighted by atomic mass is 9.92. The van der Waals surface area contributed by atoms with Crippen LogP contribution in [0.2, 0.25) is 0 Å². The molecule has 0 radical (unpaired) electrons. The van der Waals surface area contributed by atoms with Gasteiger partial charge < -0.3 is 14.8 Å². The average Bonchev–Trinajstić information content (AvgIpc) is 2.48. The van der Waals surface area contributed by atoms with Crippen LogP contribution in [-0.2, 0) is 23.9 Å². The molecule has 1 amide bonds. The van der Waals surface area contributed by atoms with Gasteiger partial charge in [-0.1, -0.05) is 20.3 Å². The van der Waals surface area contributed by atoms with Crippen molar-refractivity contribution in [3.63, 3.8) is 0 Å². The number of carbonyl (C=O) groups excluding carboxylic acids is 3. The number of hydrogen-bond donors (Lipinski definition) is 1. The van der Waals surface area contributed by atoms with Gasteiger partial charge in [-0.2, -0.15) is 26.3 Å². The molecule has 6 nitrogen and oxygen atoms in total. The van der Waals surface area contributed by atoms with Crippen molar-refractivity contribution in [1.29, 1.82) is 0 Å². The summed E-state index contributed by atoms with van der Waals surface area (Å²) in [4.78, 5) is 33.5. The highest BCUT2D eigenvalue weighted by atomic mass is 19.4. The average molecular weight is 381 g/mol. The zero-order valence-electron chi connectivity index (χ0n) is 13.5. The summed E-state index contributed by atoms with van der Waals surface area (Å²) in [5.41, 5.74) is 0. The fraction of sp³-hybridized carbons (Fsp3) is 0.769. The Bertz CT molecular complexity index is 490. The van der Waals surface area contributed by atoms with Crippen molar-refractivity contribution in [2.75, 3.05) is 7.11 Å². The van der Waals surface area contributed by atoms with E-state index in [0.717, 1.165) is 7.11 Å². The third-order valence-electron chi connectivity index (χ3n) is 3.30. The van der Waals surface area contributed by atoms with E-state index in [1.165, 1.54) is 19.2 Å². The second-order valence-electron chi connectivity index (χ2n) is 5.10. The second-order valence-corrected chi connectivity index (χ2v) is 5.10. The highest BCUT2D eigenvalue weighted by molar-refractivity contribution is 5.82. The first-order chi connectivity index (χ1) is 11.2. The summed E-state index contributed by atoms with van der Waals surface area (Å²) in [6, 6.07) is -1.69. The maximum atomic E-state index is 12.4. The molecule has 0 bridgehead atoms. The fourth-order valence-electron chi connectivity index (χ4n) is 1.78. The molecule has 0 aliphatic rings. The first kappa shape index (κ1) is 23.0. The van der Waals surface area contributed by atoms with Crippen LogP contribution in [0.4, 0.5) is 26.3 Å². The lowest BCUT2D eigenvalue weighted by Gasteiger charge is -2.31. The number of esters is 2. The number of rotatable bonds is 7. The molecule has 0 saturated carbocycles. The van der Waals surface area contributed by atoms with Crippen LogP contribution in [0.5, 0.6) is 0 Å². The normalized spacial score (nSPS) is 15.7. The number of ether oxygens (including phenoxy) is 2. The topological polar surface area (TPSA) is 81.7 Å². The molecule has 12 heteroatoms. The van der Waals surface area contributed by atoms with Gasteiger partial charge in [-0.05, 0) is 5.92 Å². The summed E-state index contributed by atoms with van der Waals surface area (Å²) in [6.45, 7) is 2.80. The third kappa shape index (κ3) is 7.61. The predicted molar refractivity (Wildman–Crippen MR) is 70.0 cm³/mol. The molecule has 0 aromatic rings. The predicted octanol–water partition coefficient (Wildman–Crippen LogP) is 2.12. The van der Waals surface area contributed by atoms with Crippen LogP contribution in [0.3, 0.4) is 0 Å². The molecule has 1 N–H and O–H groups in total. The number of halogens is 6. The molecular formula is C13H17F6NO5. The minimum Gasteiger partial charge on any atom is -0.469 e. The highest BCUT2D eigenvalue weighted by Gasteiger charge is 2.46. The first-order valence-electron chi connectivity index (χ1n) is 6.96. The Labute approximate surface area is 138 Å². The van der Waals surface area contributed by atoms with Gasteiger partial charge in [0.2, 0.25) is 0 Å². The Hall–Kier alpha value is -2.01. The maximum Gasteiger partial charge on any atom is 0.490 e. The molecule has 0 fully saturated rings. The van der Waals surface area contributed by atoms with Gasteiger partial charge >= 0.3 is 30.2 Å². The molecule has 0 aromatic carbocycles. The van der Waals surface area contributed by atoms with Crippen LogP contribution in [0, 0.1) is 5.92 Å². The Morgan fingerprint density at radius 2 is 1.56 bits per heavy atom. The molecule has 0 aliphatic heterocycles. The van der Waals surface area contributed by atoms with Crippen LogP contribution >= 0.6 is 0 Å². The van der Waals surface area contributed by atoms with E-state index < -0.39 is 54.7 Å². The van der Waals surface area contributed by atoms with Crippen molar-refractivity contribution in [3.05, 3.63) is 0 Å². The van der Waals surface area contributed by atoms with E-state index in [1.807, 2.05) is 0 Å². The smallest absolute Gasteiger partial charge is 0.469 e. The number of alkyl halides is 6. The van der Waals surface area contributed by atoms with Crippen LogP contribution in [0.1, 0.15) is 26.7 Å². The van der Waals surface area contributed by atoms with Crippen molar-refractivity contribution in [1.82, 2.24) is 5.32 Å². The molecule has 25 heavy (non-hydrogen) atoms. The van der Waals surface area contributed by atoms with Gasteiger partial charge in [0.15, 0.2) is 0 Å². The highest BCUT2D eigenvalue weighted by Crippen LogP contribution is 2.24. The molecule has 146 valence electrons. The van der Waals surface area contributed by atoms with E-state index in [1.54, 1.807) is 0 Å². The van der Waals surface area contributed by atoms with Gasteiger partial charge in [0.1, 0.15) is 6.10 Å². The zero-order valence-corrected chi connectivity index (χ0v) is 13.5. The minimum absolute atomic E-state index is 0.115. The van der Waals surface area contributed by atoms with E-state index in [-0.39, 0.29) is 6.42 Å². The monoisotopic (exact) mass is 381 g/mol. The molecule has 0 unspecified atom stereocenters. The van der Waals surface area contributed by atoms with Crippen LogP contribution in [0.15, 0.2) is 0 Å². The van der Waals surface area contributed by atoms with Crippen molar-refractivity contribution in [2.24, 2.45) is 5.92 Å². The lowest BCUT2D eigenvalue weighted by molar-refractivity contribution is -0.208. The first-order valence-corrected chi connectivity index (χ1v) is 6.96. The van der Waals surface area contributed by atoms with Gasteiger partial charge in [0.25, 0.3) is 0 Å². The molecule has 0 rings (SSSR count). The second kappa shape index (κ2) is 8.90. The molecule has 0 heterocycles. The quantitative estimate of drug-likeness (QED) is 0.540. The summed E-state index contributed by atoms with van der Waals surface area (Å²) in [5, 5.41) is 1.48. The summed E-state index contributed by atoms with van der Waals surface area (Å²) < 4.78 is 82.8. The van der Waals surface area contributed by atoms with E-state index in [0.29, 0.717) is 0 Å². The van der Waals surface area contributed by atoms with E-state index >= 15 is 0 Å². The van der Waals surface area contributed by atoms with E-state index in [2.05, 4.69) is 9.47 Å². The van der Waals surface area contributed by atoms with Gasteiger partial charge in [-0.3, -0.25) is 9.59 Å². The summed E-state index contributed by atoms with van der Waals surface area (Å²) >= 11 is 0. The molecule has 0 aliphatic carbocycles. The number of nitrogens with one attached hydrogen (secondary N) is 1. The zero-order chi connectivity index (χ0) is 20.0. The minimum atomic E-state index is -5.43. The largest absolute Gasteiger partial charge is 0.490 e. The number of amides is 1. The van der Waals surface area contributed by atoms with Crippen LogP contribution < -0.4 is 5.32 Å². The number of hydrogen-bond acceptors (Lipinski definition) is 5. The summed E-state index contributed by atoms with van der Waals surface area (Å²) in [7, 11) is 0.886. The molecule has 0 aromatic heterocycles. The van der Waals surface area contributed by atoms with E-state index in [9.17, 15) is 40.7 Å². The SMILES string of the molecule is CC[C@@H](C)[C@H](NC(=O)C(F)(F)F)[C@@H](CC(=O)OC)OC(=O)C(F)(F)F. The number of carbonyl (C=O) groups is 3. The van der Waals surface area contributed by atoms with Crippen molar-refractivity contribution >= 4 is 17.8 Å². The maximum absolute atomic E-state index is 12.4.